The summed E-state index contributed by atoms with van der Waals surface area (Å²) in [6.45, 7) is 8.36. The van der Waals surface area contributed by atoms with Crippen LogP contribution >= 0.6 is 0 Å². The molecule has 0 amide bonds. The normalized spacial score (nSPS) is 12.9. The molecule has 0 aliphatic heterocycles. The fourth-order valence-corrected chi connectivity index (χ4v) is 2.34. The van der Waals surface area contributed by atoms with Gasteiger partial charge in [-0.1, -0.05) is 6.07 Å². The van der Waals surface area contributed by atoms with Crippen molar-refractivity contribution in [1.29, 1.82) is 0 Å². The Balaban J connectivity index is 2.47. The largest absolute Gasteiger partial charge is 0.308 e. The number of rotatable bonds is 7. The molecule has 0 aliphatic rings. The van der Waals surface area contributed by atoms with E-state index in [1.54, 1.807) is 0 Å². The molecule has 1 heterocycles. The van der Waals surface area contributed by atoms with E-state index in [-0.39, 0.29) is 11.3 Å². The van der Waals surface area contributed by atoms with Gasteiger partial charge in [0.2, 0.25) is 0 Å². The fraction of sp³-hybridized carbons (Fsp3) is 0.667. The van der Waals surface area contributed by atoms with Crippen molar-refractivity contribution in [2.45, 2.75) is 39.4 Å². The second-order valence-corrected chi connectivity index (χ2v) is 8.89. The van der Waals surface area contributed by atoms with Gasteiger partial charge in [0.1, 0.15) is 9.84 Å². The second kappa shape index (κ2) is 7.33. The minimum absolute atomic E-state index is 0.0878. The number of nitrogens with one attached hydrogen (secondary N) is 1. The Labute approximate surface area is 128 Å². The molecule has 0 saturated carbocycles. The summed E-state index contributed by atoms with van der Waals surface area (Å²) in [7, 11) is -1.01. The van der Waals surface area contributed by atoms with Crippen LogP contribution in [0, 0.1) is 0 Å². The molecule has 0 fully saturated rings. The van der Waals surface area contributed by atoms with Gasteiger partial charge in [0.05, 0.1) is 11.4 Å². The summed E-state index contributed by atoms with van der Waals surface area (Å²) in [6, 6.07) is 4.06. The Morgan fingerprint density at radius 3 is 2.43 bits per heavy atom. The van der Waals surface area contributed by atoms with Crippen LogP contribution in [0.2, 0.25) is 0 Å². The van der Waals surface area contributed by atoms with E-state index in [4.69, 9.17) is 0 Å². The van der Waals surface area contributed by atoms with Crippen molar-refractivity contribution in [2.24, 2.45) is 0 Å². The Morgan fingerprint density at radius 2 is 1.95 bits per heavy atom. The summed E-state index contributed by atoms with van der Waals surface area (Å²) in [4.78, 5) is 6.40. The van der Waals surface area contributed by atoms with Crippen molar-refractivity contribution in [2.75, 3.05) is 25.6 Å². The number of aromatic nitrogens is 1. The topological polar surface area (TPSA) is 62.3 Å². The number of pyridine rings is 1. The van der Waals surface area contributed by atoms with Gasteiger partial charge >= 0.3 is 0 Å². The highest BCUT2D eigenvalue weighted by Crippen LogP contribution is 2.06. The van der Waals surface area contributed by atoms with Crippen LogP contribution in [0.5, 0.6) is 0 Å². The Kier molecular flexibility index (Phi) is 6.31. The highest BCUT2D eigenvalue weighted by molar-refractivity contribution is 7.90. The standard InChI is InChI=1S/C15H27N3O2S/c1-15(2,3)17-11-13-6-7-14(16-10-13)12-18(4)8-9-21(5,19)20/h6-7,10,17H,8-9,11-12H2,1-5H3. The molecule has 1 aromatic heterocycles. The molecular formula is C15H27N3O2S. The van der Waals surface area contributed by atoms with Crippen LogP contribution in [0.4, 0.5) is 0 Å². The van der Waals surface area contributed by atoms with Crippen LogP contribution < -0.4 is 5.32 Å². The molecule has 0 aromatic carbocycles. The zero-order valence-electron chi connectivity index (χ0n) is 13.7. The molecule has 0 bridgehead atoms. The first-order chi connectivity index (χ1) is 9.55. The van der Waals surface area contributed by atoms with Gasteiger partial charge < -0.3 is 5.32 Å². The number of nitrogens with zero attached hydrogens (tertiary/aromatic N) is 2. The quantitative estimate of drug-likeness (QED) is 0.825. The summed E-state index contributed by atoms with van der Waals surface area (Å²) in [5.41, 5.74) is 2.18. The molecule has 1 rings (SSSR count). The van der Waals surface area contributed by atoms with Gasteiger partial charge in [0.15, 0.2) is 0 Å². The first kappa shape index (κ1) is 18.1. The lowest BCUT2D eigenvalue weighted by Crippen LogP contribution is -2.35. The predicted octanol–water partition coefficient (Wildman–Crippen LogP) is 1.45. The van der Waals surface area contributed by atoms with Crippen molar-refractivity contribution in [3.63, 3.8) is 0 Å². The molecular weight excluding hydrogens is 286 g/mol. The predicted molar refractivity (Wildman–Crippen MR) is 86.9 cm³/mol. The molecule has 21 heavy (non-hydrogen) atoms. The summed E-state index contributed by atoms with van der Waals surface area (Å²) < 4.78 is 22.3. The van der Waals surface area contributed by atoms with Crippen LogP contribution in [0.1, 0.15) is 32.0 Å². The first-order valence-electron chi connectivity index (χ1n) is 7.10. The number of hydrogen-bond acceptors (Lipinski definition) is 5. The molecule has 0 radical (unpaired) electrons. The smallest absolute Gasteiger partial charge is 0.148 e. The third-order valence-corrected chi connectivity index (χ3v) is 3.91. The van der Waals surface area contributed by atoms with Crippen LogP contribution in [-0.2, 0) is 22.9 Å². The number of sulfone groups is 1. The maximum Gasteiger partial charge on any atom is 0.148 e. The van der Waals surface area contributed by atoms with Gasteiger partial charge in [0, 0.05) is 37.6 Å². The van der Waals surface area contributed by atoms with Gasteiger partial charge in [-0.3, -0.25) is 9.88 Å². The zero-order chi connectivity index (χ0) is 16.1. The van der Waals surface area contributed by atoms with Crippen LogP contribution in [0.25, 0.3) is 0 Å². The van der Waals surface area contributed by atoms with Crippen molar-refractivity contribution in [3.05, 3.63) is 29.6 Å². The molecule has 1 aromatic rings. The third kappa shape index (κ3) is 8.80. The van der Waals surface area contributed by atoms with E-state index < -0.39 is 9.84 Å². The van der Waals surface area contributed by atoms with E-state index >= 15 is 0 Å². The zero-order valence-corrected chi connectivity index (χ0v) is 14.5. The Morgan fingerprint density at radius 1 is 1.29 bits per heavy atom. The van der Waals surface area contributed by atoms with Crippen LogP contribution in [0.3, 0.4) is 0 Å². The van der Waals surface area contributed by atoms with Crippen LogP contribution in [0.15, 0.2) is 18.3 Å². The van der Waals surface area contributed by atoms with Crippen molar-refractivity contribution >= 4 is 9.84 Å². The molecule has 0 saturated heterocycles. The minimum Gasteiger partial charge on any atom is -0.308 e. The van der Waals surface area contributed by atoms with Crippen molar-refractivity contribution in [1.82, 2.24) is 15.2 Å². The van der Waals surface area contributed by atoms with Gasteiger partial charge in [-0.15, -0.1) is 0 Å². The highest BCUT2D eigenvalue weighted by atomic mass is 32.2. The lowest BCUT2D eigenvalue weighted by Gasteiger charge is -2.20. The SMILES string of the molecule is CN(CCS(C)(=O)=O)Cc1ccc(CNC(C)(C)C)cn1. The molecule has 0 spiro atoms. The van der Waals surface area contributed by atoms with E-state index in [9.17, 15) is 8.42 Å². The van der Waals surface area contributed by atoms with Crippen molar-refractivity contribution in [3.8, 4) is 0 Å². The summed E-state index contributed by atoms with van der Waals surface area (Å²) in [5.74, 6) is 0.178. The first-order valence-corrected chi connectivity index (χ1v) is 9.16. The van der Waals surface area contributed by atoms with E-state index in [2.05, 4.69) is 37.1 Å². The maximum atomic E-state index is 11.1. The second-order valence-electron chi connectivity index (χ2n) is 6.63. The average molecular weight is 313 g/mol. The molecule has 120 valence electrons. The van der Waals surface area contributed by atoms with E-state index in [1.807, 2.05) is 24.2 Å². The Bertz CT molecular complexity index is 533. The van der Waals surface area contributed by atoms with Gasteiger partial charge in [-0.05, 0) is 39.4 Å². The van der Waals surface area contributed by atoms with E-state index in [0.717, 1.165) is 17.8 Å². The minimum atomic E-state index is -2.91. The third-order valence-electron chi connectivity index (χ3n) is 2.98. The highest BCUT2D eigenvalue weighted by Gasteiger charge is 2.09. The van der Waals surface area contributed by atoms with E-state index in [0.29, 0.717) is 13.1 Å². The van der Waals surface area contributed by atoms with Gasteiger partial charge in [-0.2, -0.15) is 0 Å². The summed E-state index contributed by atoms with van der Waals surface area (Å²) >= 11 is 0. The lowest BCUT2D eigenvalue weighted by atomic mass is 10.1. The van der Waals surface area contributed by atoms with Gasteiger partial charge in [-0.25, -0.2) is 8.42 Å². The molecule has 5 nitrogen and oxygen atoms in total. The van der Waals surface area contributed by atoms with Crippen LogP contribution in [-0.4, -0.2) is 49.4 Å². The molecule has 0 aliphatic carbocycles. The summed E-state index contributed by atoms with van der Waals surface area (Å²) in [6.07, 6.45) is 3.13. The lowest BCUT2D eigenvalue weighted by molar-refractivity contribution is 0.342. The average Bonchev–Trinajstić information content (AvgIpc) is 2.34. The number of hydrogen-bond donors (Lipinski definition) is 1. The molecule has 1 N–H and O–H groups in total. The van der Waals surface area contributed by atoms with Gasteiger partial charge in [0.25, 0.3) is 0 Å². The maximum absolute atomic E-state index is 11.1. The monoisotopic (exact) mass is 313 g/mol. The van der Waals surface area contributed by atoms with E-state index in [1.165, 1.54) is 6.26 Å². The summed E-state index contributed by atoms with van der Waals surface area (Å²) in [5, 5.41) is 3.42. The molecule has 0 atom stereocenters. The van der Waals surface area contributed by atoms with Crippen molar-refractivity contribution < 1.29 is 8.42 Å². The molecule has 6 heteroatoms. The fourth-order valence-electron chi connectivity index (χ4n) is 1.70. The Hall–Kier alpha value is -0.980. The molecule has 0 unspecified atom stereocenters.